The van der Waals surface area contributed by atoms with Crippen LogP contribution in [0.3, 0.4) is 0 Å². The lowest BCUT2D eigenvalue weighted by Crippen LogP contribution is -2.40. The standard InChI is InChI=1S/C18H26N6O/c1-10(2)16-21-17(23-22-16)14-8-6-7-9-24(14)18(25)15-13(5)19-11(3)12(4)20-15/h10,14H,6-9H2,1-5H3,(H,21,22,23)/t14-/m0/s1. The van der Waals surface area contributed by atoms with Gasteiger partial charge in [0.15, 0.2) is 5.82 Å². The highest BCUT2D eigenvalue weighted by Gasteiger charge is 2.33. The Bertz CT molecular complexity index is 782. The number of nitrogens with one attached hydrogen (secondary N) is 1. The van der Waals surface area contributed by atoms with Crippen molar-refractivity contribution >= 4 is 5.91 Å². The Morgan fingerprint density at radius 3 is 2.48 bits per heavy atom. The molecule has 0 aromatic carbocycles. The number of carbonyl (C=O) groups is 1. The highest BCUT2D eigenvalue weighted by molar-refractivity contribution is 5.93. The monoisotopic (exact) mass is 342 g/mol. The number of aryl methyl sites for hydroxylation is 3. The first-order valence-corrected chi connectivity index (χ1v) is 8.93. The van der Waals surface area contributed by atoms with E-state index in [1.165, 1.54) is 0 Å². The van der Waals surface area contributed by atoms with Crippen molar-refractivity contribution in [3.63, 3.8) is 0 Å². The van der Waals surface area contributed by atoms with Gasteiger partial charge in [0.25, 0.3) is 5.91 Å². The van der Waals surface area contributed by atoms with E-state index in [1.807, 2.05) is 25.7 Å². The molecule has 7 heteroatoms. The molecule has 25 heavy (non-hydrogen) atoms. The maximum atomic E-state index is 13.2. The molecule has 0 bridgehead atoms. The Kier molecular flexibility index (Phi) is 4.83. The van der Waals surface area contributed by atoms with E-state index >= 15 is 0 Å². The van der Waals surface area contributed by atoms with Gasteiger partial charge in [-0.3, -0.25) is 14.9 Å². The van der Waals surface area contributed by atoms with Gasteiger partial charge in [-0.05, 0) is 40.0 Å². The van der Waals surface area contributed by atoms with Crippen LogP contribution in [-0.2, 0) is 0 Å². The summed E-state index contributed by atoms with van der Waals surface area (Å²) in [7, 11) is 0. The van der Waals surface area contributed by atoms with E-state index in [-0.39, 0.29) is 17.9 Å². The number of H-pyrrole nitrogens is 1. The van der Waals surface area contributed by atoms with Crippen LogP contribution in [0.5, 0.6) is 0 Å². The van der Waals surface area contributed by atoms with Gasteiger partial charge in [0.05, 0.1) is 23.1 Å². The maximum Gasteiger partial charge on any atom is 0.274 e. The van der Waals surface area contributed by atoms with Crippen molar-refractivity contribution in [2.24, 2.45) is 0 Å². The quantitative estimate of drug-likeness (QED) is 0.926. The molecular weight excluding hydrogens is 316 g/mol. The van der Waals surface area contributed by atoms with Crippen molar-refractivity contribution in [1.82, 2.24) is 30.0 Å². The fourth-order valence-corrected chi connectivity index (χ4v) is 3.21. The summed E-state index contributed by atoms with van der Waals surface area (Å²) in [5, 5.41) is 7.34. The van der Waals surface area contributed by atoms with Gasteiger partial charge in [0.1, 0.15) is 11.5 Å². The zero-order chi connectivity index (χ0) is 18.1. The second kappa shape index (κ2) is 6.90. The van der Waals surface area contributed by atoms with Crippen LogP contribution in [0.15, 0.2) is 0 Å². The fourth-order valence-electron chi connectivity index (χ4n) is 3.21. The molecule has 2 aromatic rings. The fraction of sp³-hybridized carbons (Fsp3) is 0.611. The van der Waals surface area contributed by atoms with Crippen molar-refractivity contribution in [3.8, 4) is 0 Å². The first kappa shape index (κ1) is 17.5. The molecule has 0 radical (unpaired) electrons. The lowest BCUT2D eigenvalue weighted by atomic mass is 10.0. The van der Waals surface area contributed by atoms with Crippen LogP contribution >= 0.6 is 0 Å². The molecule has 1 atom stereocenters. The summed E-state index contributed by atoms with van der Waals surface area (Å²) >= 11 is 0. The zero-order valence-electron chi connectivity index (χ0n) is 15.6. The number of rotatable bonds is 3. The minimum absolute atomic E-state index is 0.0692. The maximum absolute atomic E-state index is 13.2. The highest BCUT2D eigenvalue weighted by Crippen LogP contribution is 2.31. The van der Waals surface area contributed by atoms with Gasteiger partial charge in [0, 0.05) is 12.5 Å². The predicted molar refractivity (Wildman–Crippen MR) is 94.3 cm³/mol. The van der Waals surface area contributed by atoms with E-state index in [9.17, 15) is 4.79 Å². The number of hydrogen-bond donors (Lipinski definition) is 1. The SMILES string of the molecule is Cc1nc(C)c(C(=O)N2CCCC[C@H]2c2nc(C(C)C)n[nH]2)nc1C. The summed E-state index contributed by atoms with van der Waals surface area (Å²) in [4.78, 5) is 28.6. The van der Waals surface area contributed by atoms with Crippen molar-refractivity contribution in [1.29, 1.82) is 0 Å². The summed E-state index contributed by atoms with van der Waals surface area (Å²) in [5.74, 6) is 1.74. The largest absolute Gasteiger partial charge is 0.327 e. The van der Waals surface area contributed by atoms with E-state index in [4.69, 9.17) is 0 Å². The minimum atomic E-state index is -0.0796. The Morgan fingerprint density at radius 2 is 1.80 bits per heavy atom. The average molecular weight is 342 g/mol. The molecule has 3 heterocycles. The third-order valence-corrected chi connectivity index (χ3v) is 4.80. The van der Waals surface area contributed by atoms with Gasteiger partial charge in [0.2, 0.25) is 0 Å². The van der Waals surface area contributed by atoms with Gasteiger partial charge in [-0.1, -0.05) is 13.8 Å². The van der Waals surface area contributed by atoms with Crippen LogP contribution in [0.25, 0.3) is 0 Å². The van der Waals surface area contributed by atoms with E-state index in [0.717, 1.165) is 42.3 Å². The van der Waals surface area contributed by atoms with Gasteiger partial charge in [-0.2, -0.15) is 5.10 Å². The second-order valence-corrected chi connectivity index (χ2v) is 7.07. The Morgan fingerprint density at radius 1 is 1.08 bits per heavy atom. The molecular formula is C18H26N6O. The number of aromatic amines is 1. The molecule has 1 amide bonds. The number of amides is 1. The molecule has 3 rings (SSSR count). The van der Waals surface area contributed by atoms with Crippen LogP contribution in [0, 0.1) is 20.8 Å². The van der Waals surface area contributed by atoms with Crippen molar-refractivity contribution in [3.05, 3.63) is 34.4 Å². The summed E-state index contributed by atoms with van der Waals surface area (Å²) in [6, 6.07) is -0.0796. The lowest BCUT2D eigenvalue weighted by molar-refractivity contribution is 0.0592. The number of hydrogen-bond acceptors (Lipinski definition) is 5. The van der Waals surface area contributed by atoms with Crippen LogP contribution in [-0.4, -0.2) is 42.5 Å². The number of likely N-dealkylation sites (tertiary alicyclic amines) is 1. The van der Waals surface area contributed by atoms with E-state index in [2.05, 4.69) is 39.0 Å². The first-order chi connectivity index (χ1) is 11.9. The van der Waals surface area contributed by atoms with E-state index in [1.54, 1.807) is 0 Å². The molecule has 134 valence electrons. The Balaban J connectivity index is 1.92. The molecule has 1 fully saturated rings. The van der Waals surface area contributed by atoms with Gasteiger partial charge < -0.3 is 4.90 Å². The molecule has 1 aliphatic heterocycles. The van der Waals surface area contributed by atoms with E-state index < -0.39 is 0 Å². The molecule has 1 saturated heterocycles. The third kappa shape index (κ3) is 3.41. The molecule has 7 nitrogen and oxygen atoms in total. The Hall–Kier alpha value is -2.31. The lowest BCUT2D eigenvalue weighted by Gasteiger charge is -2.34. The summed E-state index contributed by atoms with van der Waals surface area (Å²) < 4.78 is 0. The van der Waals surface area contributed by atoms with Gasteiger partial charge >= 0.3 is 0 Å². The van der Waals surface area contributed by atoms with Gasteiger partial charge in [-0.15, -0.1) is 0 Å². The van der Waals surface area contributed by atoms with Crippen LogP contribution in [0.1, 0.15) is 84.3 Å². The molecule has 1 N–H and O–H groups in total. The molecule has 0 aliphatic carbocycles. The predicted octanol–water partition coefficient (Wildman–Crippen LogP) is 3.01. The van der Waals surface area contributed by atoms with Crippen molar-refractivity contribution < 1.29 is 4.79 Å². The van der Waals surface area contributed by atoms with Gasteiger partial charge in [-0.25, -0.2) is 9.97 Å². The number of carbonyl (C=O) groups excluding carboxylic acids is 1. The minimum Gasteiger partial charge on any atom is -0.327 e. The second-order valence-electron chi connectivity index (χ2n) is 7.07. The zero-order valence-corrected chi connectivity index (χ0v) is 15.6. The highest BCUT2D eigenvalue weighted by atomic mass is 16.2. The van der Waals surface area contributed by atoms with Crippen molar-refractivity contribution in [2.45, 2.75) is 65.8 Å². The summed E-state index contributed by atoms with van der Waals surface area (Å²) in [6.45, 7) is 10.5. The molecule has 1 aliphatic rings. The average Bonchev–Trinajstić information content (AvgIpc) is 3.08. The number of aromatic nitrogens is 5. The van der Waals surface area contributed by atoms with Crippen LogP contribution in [0.2, 0.25) is 0 Å². The normalized spacial score (nSPS) is 18.0. The number of nitrogens with zero attached hydrogens (tertiary/aromatic N) is 5. The van der Waals surface area contributed by atoms with Crippen LogP contribution in [0.4, 0.5) is 0 Å². The topological polar surface area (TPSA) is 87.7 Å². The van der Waals surface area contributed by atoms with Crippen LogP contribution < -0.4 is 0 Å². The molecule has 2 aromatic heterocycles. The first-order valence-electron chi connectivity index (χ1n) is 8.93. The van der Waals surface area contributed by atoms with E-state index in [0.29, 0.717) is 17.9 Å². The molecule has 0 spiro atoms. The van der Waals surface area contributed by atoms with Crippen molar-refractivity contribution in [2.75, 3.05) is 6.54 Å². The summed E-state index contributed by atoms with van der Waals surface area (Å²) in [6.07, 6.45) is 2.95. The summed E-state index contributed by atoms with van der Waals surface area (Å²) in [5.41, 5.74) is 2.78. The smallest absolute Gasteiger partial charge is 0.274 e. The Labute approximate surface area is 148 Å². The molecule has 0 unspecified atom stereocenters. The third-order valence-electron chi connectivity index (χ3n) is 4.80. The molecule has 0 saturated carbocycles. The number of piperidine rings is 1.